The van der Waals surface area contributed by atoms with E-state index in [1.807, 2.05) is 0 Å². The second kappa shape index (κ2) is 7.19. The van der Waals surface area contributed by atoms with Crippen molar-refractivity contribution in [3.05, 3.63) is 23.6 Å². The second-order valence-electron chi connectivity index (χ2n) is 2.18. The predicted molar refractivity (Wildman–Crippen MR) is 44.6 cm³/mol. The number of rotatable bonds is 4. The van der Waals surface area contributed by atoms with Gasteiger partial charge in [-0.1, -0.05) is 12.7 Å². The van der Waals surface area contributed by atoms with Gasteiger partial charge in [0, 0.05) is 11.0 Å². The molecule has 0 aliphatic heterocycles. The molecule has 0 aromatic heterocycles. The first-order valence-corrected chi connectivity index (χ1v) is 4.76. The summed E-state index contributed by atoms with van der Waals surface area (Å²) in [5, 5.41) is 0.318. The van der Waals surface area contributed by atoms with Crippen LogP contribution in [0.2, 0.25) is 0 Å². The van der Waals surface area contributed by atoms with Gasteiger partial charge in [0.25, 0.3) is 0 Å². The fraction of sp³-hybridized carbons (Fsp3) is 0.286. The van der Waals surface area contributed by atoms with Crippen LogP contribution in [-0.2, 0) is 19.6 Å². The summed E-state index contributed by atoms with van der Waals surface area (Å²) in [6.45, 7) is 4.45. The molecule has 0 aromatic carbocycles. The molecule has 0 unspecified atom stereocenters. The van der Waals surface area contributed by atoms with Crippen LogP contribution in [0, 0.1) is 0 Å². The number of ether oxygens (including phenoxy) is 1. The Bertz CT molecular complexity index is 330. The molecule has 0 fully saturated rings. The molecule has 0 atom stereocenters. The van der Waals surface area contributed by atoms with Gasteiger partial charge in [-0.25, -0.2) is 13.2 Å². The molecule has 7 heteroatoms. The van der Waals surface area contributed by atoms with Crippen LogP contribution in [0.4, 0.5) is 0 Å². The summed E-state index contributed by atoms with van der Waals surface area (Å²) in [6, 6.07) is 0. The third-order valence-electron chi connectivity index (χ3n) is 0.975. The van der Waals surface area contributed by atoms with E-state index in [2.05, 4.69) is 11.3 Å². The van der Waals surface area contributed by atoms with E-state index in [0.29, 0.717) is 5.41 Å². The van der Waals surface area contributed by atoms with Gasteiger partial charge in [-0.3, -0.25) is 0 Å². The van der Waals surface area contributed by atoms with Gasteiger partial charge in [-0.15, -0.1) is 0 Å². The zero-order valence-electron chi connectivity index (χ0n) is 8.02. The van der Waals surface area contributed by atoms with Gasteiger partial charge in [-0.05, 0) is 6.92 Å². The standard InChI is InChI=1S/C7H10O5S.Na/c1-3-4-12-7(8)6(2)5-13(9,10)11;/h3,5H,1,4H2,2H3,(H,9,10,11);/q;+1/p-1. The summed E-state index contributed by atoms with van der Waals surface area (Å²) in [7, 11) is -4.53. The third-order valence-corrected chi connectivity index (χ3v) is 1.62. The maximum absolute atomic E-state index is 10.8. The van der Waals surface area contributed by atoms with Crippen LogP contribution in [0.3, 0.4) is 0 Å². The van der Waals surface area contributed by atoms with Crippen LogP contribution >= 0.6 is 0 Å². The van der Waals surface area contributed by atoms with Crippen molar-refractivity contribution >= 4 is 16.1 Å². The minimum absolute atomic E-state index is 0. The fourth-order valence-corrected chi connectivity index (χ4v) is 1.04. The third kappa shape index (κ3) is 8.46. The van der Waals surface area contributed by atoms with E-state index in [0.717, 1.165) is 0 Å². The molecule has 0 aliphatic rings. The average Bonchev–Trinajstić information content (AvgIpc) is 1.96. The van der Waals surface area contributed by atoms with E-state index >= 15 is 0 Å². The molecule has 0 saturated carbocycles. The molecular weight excluding hydrogens is 219 g/mol. The van der Waals surface area contributed by atoms with E-state index in [-0.39, 0.29) is 41.7 Å². The zero-order chi connectivity index (χ0) is 10.5. The molecule has 0 N–H and O–H groups in total. The molecule has 0 spiro atoms. The van der Waals surface area contributed by atoms with Crippen molar-refractivity contribution in [2.24, 2.45) is 0 Å². The summed E-state index contributed by atoms with van der Waals surface area (Å²) in [4.78, 5) is 10.8. The summed E-state index contributed by atoms with van der Waals surface area (Å²) in [6.07, 6.45) is 1.33. The van der Waals surface area contributed by atoms with Gasteiger partial charge in [0.2, 0.25) is 0 Å². The van der Waals surface area contributed by atoms with Gasteiger partial charge in [0.15, 0.2) is 0 Å². The van der Waals surface area contributed by atoms with Crippen LogP contribution in [0.1, 0.15) is 6.92 Å². The first-order valence-electron chi connectivity index (χ1n) is 3.29. The average molecular weight is 228 g/mol. The maximum atomic E-state index is 10.8. The smallest absolute Gasteiger partial charge is 0.744 e. The number of hydrogen-bond donors (Lipinski definition) is 0. The molecular formula is C7H9NaO5S. The normalized spacial score (nSPS) is 11.4. The minimum atomic E-state index is -4.53. The summed E-state index contributed by atoms with van der Waals surface area (Å²) >= 11 is 0. The SMILES string of the molecule is C=CCOC(=O)C(C)=CS(=O)(=O)[O-].[Na+]. The Morgan fingerprint density at radius 2 is 2.07 bits per heavy atom. The van der Waals surface area contributed by atoms with Gasteiger partial charge in [-0.2, -0.15) is 0 Å². The molecule has 0 radical (unpaired) electrons. The zero-order valence-corrected chi connectivity index (χ0v) is 10.8. The van der Waals surface area contributed by atoms with E-state index < -0.39 is 16.1 Å². The Morgan fingerprint density at radius 3 is 2.43 bits per heavy atom. The fourth-order valence-electron chi connectivity index (χ4n) is 0.513. The number of hydrogen-bond acceptors (Lipinski definition) is 5. The van der Waals surface area contributed by atoms with Crippen LogP contribution in [0.5, 0.6) is 0 Å². The molecule has 0 heterocycles. The van der Waals surface area contributed by atoms with E-state index in [1.54, 1.807) is 0 Å². The first-order chi connectivity index (χ1) is 5.87. The van der Waals surface area contributed by atoms with Crippen LogP contribution in [0.15, 0.2) is 23.6 Å². The Balaban J connectivity index is 0. The Labute approximate surface area is 105 Å². The van der Waals surface area contributed by atoms with Gasteiger partial charge >= 0.3 is 35.5 Å². The van der Waals surface area contributed by atoms with Crippen molar-refractivity contribution in [2.45, 2.75) is 6.92 Å². The quantitative estimate of drug-likeness (QED) is 0.170. The van der Waals surface area contributed by atoms with Crippen LogP contribution < -0.4 is 29.6 Å². The predicted octanol–water partition coefficient (Wildman–Crippen LogP) is -2.83. The van der Waals surface area contributed by atoms with Crippen molar-refractivity contribution in [2.75, 3.05) is 6.61 Å². The molecule has 0 aromatic rings. The van der Waals surface area contributed by atoms with Crippen molar-refractivity contribution in [1.82, 2.24) is 0 Å². The van der Waals surface area contributed by atoms with Crippen molar-refractivity contribution in [3.8, 4) is 0 Å². The topological polar surface area (TPSA) is 83.5 Å². The van der Waals surface area contributed by atoms with Crippen molar-refractivity contribution < 1.29 is 52.1 Å². The summed E-state index contributed by atoms with van der Waals surface area (Å²) < 4.78 is 35.0. The number of esters is 1. The van der Waals surface area contributed by atoms with Crippen LogP contribution in [0.25, 0.3) is 0 Å². The van der Waals surface area contributed by atoms with E-state index in [4.69, 9.17) is 0 Å². The largest absolute Gasteiger partial charge is 1.00 e. The molecule has 0 bridgehead atoms. The molecule has 14 heavy (non-hydrogen) atoms. The van der Waals surface area contributed by atoms with Crippen molar-refractivity contribution in [3.63, 3.8) is 0 Å². The molecule has 0 rings (SSSR count). The van der Waals surface area contributed by atoms with E-state index in [1.165, 1.54) is 13.0 Å². The Hall–Kier alpha value is -0.140. The van der Waals surface area contributed by atoms with Gasteiger partial charge in [0.1, 0.15) is 16.7 Å². The van der Waals surface area contributed by atoms with Gasteiger partial charge < -0.3 is 9.29 Å². The molecule has 0 amide bonds. The molecule has 0 saturated heterocycles. The first kappa shape index (κ1) is 16.3. The second-order valence-corrected chi connectivity index (χ2v) is 3.40. The number of carbonyl (C=O) groups excluding carboxylic acids is 1. The molecule has 74 valence electrons. The molecule has 5 nitrogen and oxygen atoms in total. The number of carbonyl (C=O) groups is 1. The Kier molecular flexibility index (Phi) is 8.37. The monoisotopic (exact) mass is 228 g/mol. The maximum Gasteiger partial charge on any atom is 1.00 e. The molecule has 0 aliphatic carbocycles. The summed E-state index contributed by atoms with van der Waals surface area (Å²) in [5.74, 6) is -0.848. The van der Waals surface area contributed by atoms with Crippen LogP contribution in [-0.4, -0.2) is 25.5 Å². The van der Waals surface area contributed by atoms with Gasteiger partial charge in [0.05, 0.1) is 0 Å². The Morgan fingerprint density at radius 1 is 1.57 bits per heavy atom. The summed E-state index contributed by atoms with van der Waals surface area (Å²) in [5.41, 5.74) is -0.253. The minimum Gasteiger partial charge on any atom is -0.744 e. The van der Waals surface area contributed by atoms with E-state index in [9.17, 15) is 17.8 Å². The van der Waals surface area contributed by atoms with Crippen molar-refractivity contribution in [1.29, 1.82) is 0 Å².